The van der Waals surface area contributed by atoms with Gasteiger partial charge in [0.15, 0.2) is 11.6 Å². The van der Waals surface area contributed by atoms with Gasteiger partial charge < -0.3 is 20.1 Å². The standard InChI is InChI=1S/C16H21FN2O3/c1-16(7-3-8-22-16)10-18-15(20)19-13-6-9-21-14-11(13)4-2-5-12(14)17/h2,4-5,13H,3,6-10H2,1H3,(H2,18,19,20)/t13-,16?/m0/s1. The van der Waals surface area contributed by atoms with E-state index in [4.69, 9.17) is 9.47 Å². The normalized spacial score (nSPS) is 26.9. The van der Waals surface area contributed by atoms with Gasteiger partial charge in [0.25, 0.3) is 0 Å². The molecule has 1 saturated heterocycles. The number of amides is 2. The zero-order valence-electron chi connectivity index (χ0n) is 12.7. The molecule has 3 rings (SSSR count). The number of carbonyl (C=O) groups excluding carboxylic acids is 1. The Bertz CT molecular complexity index is 558. The largest absolute Gasteiger partial charge is 0.490 e. The van der Waals surface area contributed by atoms with Crippen LogP contribution in [0.4, 0.5) is 9.18 Å². The highest BCUT2D eigenvalue weighted by Gasteiger charge is 2.31. The van der Waals surface area contributed by atoms with Gasteiger partial charge in [-0.05, 0) is 25.8 Å². The Balaban J connectivity index is 1.60. The van der Waals surface area contributed by atoms with Crippen LogP contribution in [0.2, 0.25) is 0 Å². The predicted molar refractivity (Wildman–Crippen MR) is 79.4 cm³/mol. The van der Waals surface area contributed by atoms with Gasteiger partial charge in [0.1, 0.15) is 0 Å². The number of hydrogen-bond donors (Lipinski definition) is 2. The van der Waals surface area contributed by atoms with E-state index in [2.05, 4.69) is 10.6 Å². The first-order valence-electron chi connectivity index (χ1n) is 7.67. The van der Waals surface area contributed by atoms with Crippen LogP contribution in [0.15, 0.2) is 18.2 Å². The van der Waals surface area contributed by atoms with Crippen LogP contribution in [0, 0.1) is 5.82 Å². The molecule has 1 aromatic carbocycles. The quantitative estimate of drug-likeness (QED) is 0.902. The van der Waals surface area contributed by atoms with E-state index in [1.54, 1.807) is 12.1 Å². The number of para-hydroxylation sites is 1. The molecule has 2 N–H and O–H groups in total. The Labute approximate surface area is 129 Å². The highest BCUT2D eigenvalue weighted by Crippen LogP contribution is 2.33. The van der Waals surface area contributed by atoms with Crippen molar-refractivity contribution in [3.63, 3.8) is 0 Å². The van der Waals surface area contributed by atoms with Crippen molar-refractivity contribution in [3.8, 4) is 5.75 Å². The Morgan fingerprint density at radius 1 is 1.45 bits per heavy atom. The minimum atomic E-state index is -0.392. The molecule has 1 fully saturated rings. The van der Waals surface area contributed by atoms with Gasteiger partial charge in [0.2, 0.25) is 0 Å². The van der Waals surface area contributed by atoms with Crippen molar-refractivity contribution in [1.82, 2.24) is 10.6 Å². The second-order valence-electron chi connectivity index (χ2n) is 6.08. The van der Waals surface area contributed by atoms with Crippen LogP contribution in [0.5, 0.6) is 5.75 Å². The summed E-state index contributed by atoms with van der Waals surface area (Å²) in [5.41, 5.74) is 0.404. The van der Waals surface area contributed by atoms with Crippen LogP contribution in [0.1, 0.15) is 37.8 Å². The van der Waals surface area contributed by atoms with Crippen LogP contribution in [-0.2, 0) is 4.74 Å². The van der Waals surface area contributed by atoms with E-state index in [-0.39, 0.29) is 23.4 Å². The maximum absolute atomic E-state index is 13.7. The van der Waals surface area contributed by atoms with Crippen LogP contribution < -0.4 is 15.4 Å². The maximum atomic E-state index is 13.7. The summed E-state index contributed by atoms with van der Waals surface area (Å²) in [6.45, 7) is 3.60. The molecule has 5 nitrogen and oxygen atoms in total. The number of carbonyl (C=O) groups is 1. The number of fused-ring (bicyclic) bond motifs is 1. The lowest BCUT2D eigenvalue weighted by Gasteiger charge is -2.28. The molecule has 22 heavy (non-hydrogen) atoms. The molecule has 0 spiro atoms. The Morgan fingerprint density at radius 2 is 2.32 bits per heavy atom. The summed E-state index contributed by atoms with van der Waals surface area (Å²) in [6, 6.07) is 4.27. The van der Waals surface area contributed by atoms with Crippen LogP contribution >= 0.6 is 0 Å². The molecule has 2 aliphatic heterocycles. The minimum Gasteiger partial charge on any atom is -0.490 e. The van der Waals surface area contributed by atoms with Gasteiger partial charge in [-0.3, -0.25) is 0 Å². The lowest BCUT2D eigenvalue weighted by molar-refractivity contribution is 0.0228. The molecule has 0 radical (unpaired) electrons. The molecule has 1 unspecified atom stereocenters. The summed E-state index contributed by atoms with van der Waals surface area (Å²) in [7, 11) is 0. The van der Waals surface area contributed by atoms with Gasteiger partial charge in [-0.25, -0.2) is 9.18 Å². The highest BCUT2D eigenvalue weighted by atomic mass is 19.1. The van der Waals surface area contributed by atoms with E-state index in [0.717, 1.165) is 19.4 Å². The fraction of sp³-hybridized carbons (Fsp3) is 0.562. The summed E-state index contributed by atoms with van der Waals surface area (Å²) in [5, 5.41) is 5.74. The lowest BCUT2D eigenvalue weighted by atomic mass is 10.0. The zero-order chi connectivity index (χ0) is 15.6. The third-order valence-corrected chi connectivity index (χ3v) is 4.25. The van der Waals surface area contributed by atoms with E-state index >= 15 is 0 Å². The molecule has 0 bridgehead atoms. The van der Waals surface area contributed by atoms with E-state index in [1.807, 2.05) is 6.92 Å². The molecular weight excluding hydrogens is 287 g/mol. The van der Waals surface area contributed by atoms with Crippen LogP contribution in [0.25, 0.3) is 0 Å². The van der Waals surface area contributed by atoms with Crippen molar-refractivity contribution in [2.24, 2.45) is 0 Å². The number of hydrogen-bond acceptors (Lipinski definition) is 3. The second kappa shape index (κ2) is 6.12. The Hall–Kier alpha value is -1.82. The summed E-state index contributed by atoms with van der Waals surface area (Å²) < 4.78 is 24.7. The smallest absolute Gasteiger partial charge is 0.315 e. The van der Waals surface area contributed by atoms with Crippen LogP contribution in [-0.4, -0.2) is 31.4 Å². The molecule has 2 amide bonds. The molecular formula is C16H21FN2O3. The lowest BCUT2D eigenvalue weighted by Crippen LogP contribution is -2.46. The topological polar surface area (TPSA) is 59.6 Å². The van der Waals surface area contributed by atoms with Gasteiger partial charge in [0.05, 0.1) is 18.2 Å². The van der Waals surface area contributed by atoms with Crippen molar-refractivity contribution in [2.45, 2.75) is 37.8 Å². The number of halogens is 1. The molecule has 0 saturated carbocycles. The molecule has 2 heterocycles. The van der Waals surface area contributed by atoms with Crippen molar-refractivity contribution in [2.75, 3.05) is 19.8 Å². The molecule has 0 aromatic heterocycles. The maximum Gasteiger partial charge on any atom is 0.315 e. The Morgan fingerprint density at radius 3 is 3.09 bits per heavy atom. The predicted octanol–water partition coefficient (Wildman–Crippen LogP) is 2.52. The highest BCUT2D eigenvalue weighted by molar-refractivity contribution is 5.74. The van der Waals surface area contributed by atoms with Crippen molar-refractivity contribution in [1.29, 1.82) is 0 Å². The molecule has 2 atom stereocenters. The fourth-order valence-electron chi connectivity index (χ4n) is 2.99. The molecule has 0 aliphatic carbocycles. The fourth-order valence-corrected chi connectivity index (χ4v) is 2.99. The first-order chi connectivity index (χ1) is 10.6. The average Bonchev–Trinajstić information content (AvgIpc) is 2.94. The van der Waals surface area contributed by atoms with Crippen molar-refractivity contribution in [3.05, 3.63) is 29.6 Å². The van der Waals surface area contributed by atoms with Crippen LogP contribution in [0.3, 0.4) is 0 Å². The summed E-state index contributed by atoms with van der Waals surface area (Å²) in [5.74, 6) is -0.151. The summed E-state index contributed by atoms with van der Waals surface area (Å²) in [6.07, 6.45) is 2.59. The molecule has 6 heteroatoms. The van der Waals surface area contributed by atoms with E-state index in [0.29, 0.717) is 25.1 Å². The third kappa shape index (κ3) is 3.16. The van der Waals surface area contributed by atoms with Gasteiger partial charge in [0, 0.05) is 25.1 Å². The van der Waals surface area contributed by atoms with Gasteiger partial charge in [-0.1, -0.05) is 12.1 Å². The second-order valence-corrected chi connectivity index (χ2v) is 6.08. The Kier molecular flexibility index (Phi) is 4.20. The molecule has 120 valence electrons. The van der Waals surface area contributed by atoms with Gasteiger partial charge in [-0.2, -0.15) is 0 Å². The number of urea groups is 1. The first-order valence-corrected chi connectivity index (χ1v) is 7.67. The van der Waals surface area contributed by atoms with E-state index in [9.17, 15) is 9.18 Å². The summed E-state index contributed by atoms with van der Waals surface area (Å²) in [4.78, 5) is 12.1. The number of nitrogens with one attached hydrogen (secondary N) is 2. The number of ether oxygens (including phenoxy) is 2. The van der Waals surface area contributed by atoms with Crippen molar-refractivity contribution < 1.29 is 18.7 Å². The van der Waals surface area contributed by atoms with Crippen molar-refractivity contribution >= 4 is 6.03 Å². The van der Waals surface area contributed by atoms with E-state index < -0.39 is 5.82 Å². The average molecular weight is 308 g/mol. The number of rotatable bonds is 3. The first kappa shape index (κ1) is 15.1. The van der Waals surface area contributed by atoms with Gasteiger partial charge >= 0.3 is 6.03 Å². The summed E-state index contributed by atoms with van der Waals surface area (Å²) >= 11 is 0. The minimum absolute atomic E-state index is 0.239. The molecule has 2 aliphatic rings. The SMILES string of the molecule is CC1(CNC(=O)N[C@H]2CCOc3c(F)cccc32)CCCO1. The third-order valence-electron chi connectivity index (χ3n) is 4.25. The monoisotopic (exact) mass is 308 g/mol. The number of benzene rings is 1. The zero-order valence-corrected chi connectivity index (χ0v) is 12.7. The van der Waals surface area contributed by atoms with Gasteiger partial charge in [-0.15, -0.1) is 0 Å². The van der Waals surface area contributed by atoms with E-state index in [1.165, 1.54) is 6.07 Å². The molecule has 1 aromatic rings.